The van der Waals surface area contributed by atoms with E-state index in [0.717, 1.165) is 32.1 Å². The number of nitrogens with one attached hydrogen (secondary N) is 1. The summed E-state index contributed by atoms with van der Waals surface area (Å²) in [4.78, 5) is 12.2. The Morgan fingerprint density at radius 3 is 2.62 bits per heavy atom. The molecular weight excluding hydrogens is 270 g/mol. The number of amides is 1. The molecule has 21 heavy (non-hydrogen) atoms. The average molecular weight is 299 g/mol. The van der Waals surface area contributed by atoms with Crippen molar-refractivity contribution in [1.29, 1.82) is 0 Å². The van der Waals surface area contributed by atoms with Crippen LogP contribution in [-0.2, 0) is 9.53 Å². The highest BCUT2D eigenvalue weighted by Gasteiger charge is 2.40. The molecule has 1 rings (SSSR count). The Kier molecular flexibility index (Phi) is 6.95. The highest BCUT2D eigenvalue weighted by Crippen LogP contribution is 2.34. The first kappa shape index (κ1) is 17.8. The molecule has 1 amide bonds. The van der Waals surface area contributed by atoms with E-state index in [9.17, 15) is 4.79 Å². The van der Waals surface area contributed by atoms with E-state index in [4.69, 9.17) is 15.7 Å². The lowest BCUT2D eigenvalue weighted by Gasteiger charge is -2.39. The summed E-state index contributed by atoms with van der Waals surface area (Å²) in [7, 11) is 1.62. The Bertz CT molecular complexity index is 363. The molecule has 4 N–H and O–H groups in total. The fourth-order valence-electron chi connectivity index (χ4n) is 3.10. The molecule has 0 aromatic carbocycles. The second-order valence-corrected chi connectivity index (χ2v) is 6.23. The number of nitrogens with two attached hydrogens (primary N) is 1. The number of ether oxygens (including phenoxy) is 1. The maximum Gasteiger partial charge on any atom is 0.221 e. The molecule has 6 nitrogen and oxygen atoms in total. The van der Waals surface area contributed by atoms with E-state index < -0.39 is 5.54 Å². The van der Waals surface area contributed by atoms with Crippen LogP contribution in [0, 0.1) is 11.8 Å². The molecule has 1 fully saturated rings. The van der Waals surface area contributed by atoms with E-state index in [1.165, 1.54) is 0 Å². The van der Waals surface area contributed by atoms with Gasteiger partial charge in [0, 0.05) is 20.1 Å². The lowest BCUT2D eigenvalue weighted by Crippen LogP contribution is -2.59. The van der Waals surface area contributed by atoms with Crippen LogP contribution in [0.4, 0.5) is 0 Å². The molecule has 1 aliphatic carbocycles. The number of carbonyl (C=O) groups excluding carboxylic acids is 1. The molecule has 0 bridgehead atoms. The van der Waals surface area contributed by atoms with Gasteiger partial charge in [0.2, 0.25) is 5.91 Å². The van der Waals surface area contributed by atoms with E-state index >= 15 is 0 Å². The summed E-state index contributed by atoms with van der Waals surface area (Å²) in [6, 6.07) is 0. The van der Waals surface area contributed by atoms with E-state index in [1.807, 2.05) is 6.92 Å². The van der Waals surface area contributed by atoms with Crippen LogP contribution in [0.15, 0.2) is 5.16 Å². The standard InChI is InChI=1S/C15H29N3O3/c1-4-12-5-7-15(8-6-12,14(16)18-20)17-13(19)9-11(2)10-21-3/h11-12,20H,4-10H2,1-3H3,(H2,16,18)(H,17,19). The van der Waals surface area contributed by atoms with Crippen molar-refractivity contribution in [3.8, 4) is 0 Å². The van der Waals surface area contributed by atoms with Gasteiger partial charge in [-0.2, -0.15) is 0 Å². The first-order chi connectivity index (χ1) is 9.97. The molecule has 6 heteroatoms. The van der Waals surface area contributed by atoms with Crippen molar-refractivity contribution in [2.45, 2.75) is 57.9 Å². The minimum Gasteiger partial charge on any atom is -0.409 e. The Morgan fingerprint density at radius 2 is 2.14 bits per heavy atom. The van der Waals surface area contributed by atoms with Gasteiger partial charge in [0.05, 0.1) is 0 Å². The molecule has 0 saturated heterocycles. The van der Waals surface area contributed by atoms with Crippen LogP contribution in [0.3, 0.4) is 0 Å². The van der Waals surface area contributed by atoms with E-state index in [2.05, 4.69) is 17.4 Å². The molecule has 0 aromatic heterocycles. The van der Waals surface area contributed by atoms with Crippen LogP contribution in [0.1, 0.15) is 52.4 Å². The van der Waals surface area contributed by atoms with Crippen molar-refractivity contribution in [3.63, 3.8) is 0 Å². The van der Waals surface area contributed by atoms with Gasteiger partial charge in [0.1, 0.15) is 5.54 Å². The van der Waals surface area contributed by atoms with Gasteiger partial charge in [-0.25, -0.2) is 0 Å². The van der Waals surface area contributed by atoms with Crippen LogP contribution >= 0.6 is 0 Å². The van der Waals surface area contributed by atoms with Crippen LogP contribution < -0.4 is 11.1 Å². The number of rotatable bonds is 7. The third kappa shape index (κ3) is 4.88. The van der Waals surface area contributed by atoms with Gasteiger partial charge in [-0.15, -0.1) is 0 Å². The van der Waals surface area contributed by atoms with Gasteiger partial charge in [-0.3, -0.25) is 4.79 Å². The molecule has 0 spiro atoms. The third-order valence-corrected chi connectivity index (χ3v) is 4.50. The molecule has 0 radical (unpaired) electrons. The quantitative estimate of drug-likeness (QED) is 0.289. The minimum absolute atomic E-state index is 0.0684. The maximum atomic E-state index is 12.2. The molecular formula is C15H29N3O3. The van der Waals surface area contributed by atoms with Gasteiger partial charge in [0.25, 0.3) is 0 Å². The Labute approximate surface area is 127 Å². The van der Waals surface area contributed by atoms with Crippen molar-refractivity contribution in [1.82, 2.24) is 5.32 Å². The first-order valence-electron chi connectivity index (χ1n) is 7.75. The first-order valence-corrected chi connectivity index (χ1v) is 7.75. The monoisotopic (exact) mass is 299 g/mol. The van der Waals surface area contributed by atoms with Gasteiger partial charge in [0.15, 0.2) is 5.84 Å². The summed E-state index contributed by atoms with van der Waals surface area (Å²) >= 11 is 0. The molecule has 1 unspecified atom stereocenters. The summed E-state index contributed by atoms with van der Waals surface area (Å²) in [6.07, 6.45) is 4.94. The summed E-state index contributed by atoms with van der Waals surface area (Å²) in [5, 5.41) is 15.2. The number of amidine groups is 1. The van der Waals surface area contributed by atoms with Crippen molar-refractivity contribution in [2.24, 2.45) is 22.7 Å². The summed E-state index contributed by atoms with van der Waals surface area (Å²) < 4.78 is 5.05. The Hall–Kier alpha value is -1.30. The predicted octanol–water partition coefficient (Wildman–Crippen LogP) is 1.86. The number of hydrogen-bond donors (Lipinski definition) is 3. The van der Waals surface area contributed by atoms with Gasteiger partial charge in [-0.1, -0.05) is 25.4 Å². The Morgan fingerprint density at radius 1 is 1.52 bits per heavy atom. The second-order valence-electron chi connectivity index (χ2n) is 6.23. The highest BCUT2D eigenvalue weighted by atomic mass is 16.5. The van der Waals surface area contributed by atoms with Crippen molar-refractivity contribution < 1.29 is 14.7 Å². The van der Waals surface area contributed by atoms with Gasteiger partial charge >= 0.3 is 0 Å². The second kappa shape index (κ2) is 8.22. The largest absolute Gasteiger partial charge is 0.409 e. The topological polar surface area (TPSA) is 96.9 Å². The normalized spacial score (nSPS) is 28.1. The Balaban J connectivity index is 2.69. The molecule has 0 aliphatic heterocycles. The average Bonchev–Trinajstić information content (AvgIpc) is 2.47. The molecule has 0 heterocycles. The number of carbonyl (C=O) groups is 1. The molecule has 1 aliphatic rings. The lowest BCUT2D eigenvalue weighted by molar-refractivity contribution is -0.123. The fourth-order valence-corrected chi connectivity index (χ4v) is 3.10. The molecule has 122 valence electrons. The molecule has 0 aromatic rings. The lowest BCUT2D eigenvalue weighted by atomic mass is 9.74. The number of hydrogen-bond acceptors (Lipinski definition) is 4. The summed E-state index contributed by atoms with van der Waals surface area (Å²) in [5.41, 5.74) is 5.18. The highest BCUT2D eigenvalue weighted by molar-refractivity contribution is 5.94. The number of nitrogens with zero attached hydrogens (tertiary/aromatic N) is 1. The van der Waals surface area contributed by atoms with E-state index in [-0.39, 0.29) is 17.7 Å². The van der Waals surface area contributed by atoms with Crippen LogP contribution in [0.2, 0.25) is 0 Å². The fraction of sp³-hybridized carbons (Fsp3) is 0.867. The van der Waals surface area contributed by atoms with Crippen LogP contribution in [0.25, 0.3) is 0 Å². The van der Waals surface area contributed by atoms with Crippen molar-refractivity contribution in [2.75, 3.05) is 13.7 Å². The zero-order valence-electron chi connectivity index (χ0n) is 13.4. The van der Waals surface area contributed by atoms with E-state index in [0.29, 0.717) is 18.9 Å². The van der Waals surface area contributed by atoms with Gasteiger partial charge < -0.3 is 21.0 Å². The molecule has 1 saturated carbocycles. The zero-order chi connectivity index (χ0) is 15.9. The smallest absolute Gasteiger partial charge is 0.221 e. The third-order valence-electron chi connectivity index (χ3n) is 4.50. The predicted molar refractivity (Wildman–Crippen MR) is 82.2 cm³/mol. The van der Waals surface area contributed by atoms with Crippen LogP contribution in [-0.4, -0.2) is 36.2 Å². The summed E-state index contributed by atoms with van der Waals surface area (Å²) in [6.45, 7) is 4.68. The minimum atomic E-state index is -0.690. The zero-order valence-corrected chi connectivity index (χ0v) is 13.4. The SMILES string of the molecule is CCC1CCC(NC(=O)CC(C)COC)(C(N)=NO)CC1. The van der Waals surface area contributed by atoms with Gasteiger partial charge in [-0.05, 0) is 37.5 Å². The maximum absolute atomic E-state index is 12.2. The number of methoxy groups -OCH3 is 1. The van der Waals surface area contributed by atoms with E-state index in [1.54, 1.807) is 7.11 Å². The molecule has 1 atom stereocenters. The number of oxime groups is 1. The summed E-state index contributed by atoms with van der Waals surface area (Å²) in [5.74, 6) is 0.853. The van der Waals surface area contributed by atoms with Crippen molar-refractivity contribution in [3.05, 3.63) is 0 Å². The van der Waals surface area contributed by atoms with Crippen molar-refractivity contribution >= 4 is 11.7 Å². The van der Waals surface area contributed by atoms with Crippen LogP contribution in [0.5, 0.6) is 0 Å².